The van der Waals surface area contributed by atoms with E-state index in [2.05, 4.69) is 0 Å². The van der Waals surface area contributed by atoms with Crippen molar-refractivity contribution in [3.05, 3.63) is 0 Å². The molecule has 1 aliphatic heterocycles. The molecular formula is C6H13ClN2O2. The smallest absolute Gasteiger partial charge is 0.409 e. The van der Waals surface area contributed by atoms with Crippen LogP contribution in [0.5, 0.6) is 0 Å². The third kappa shape index (κ3) is 2.95. The molecule has 0 aromatic carbocycles. The van der Waals surface area contributed by atoms with Crippen LogP contribution in [0.3, 0.4) is 0 Å². The van der Waals surface area contributed by atoms with Gasteiger partial charge in [-0.05, 0) is 6.92 Å². The predicted octanol–water partition coefficient (Wildman–Crippen LogP) is 0.208. The number of cyclic esters (lactones) is 1. The van der Waals surface area contributed by atoms with Crippen molar-refractivity contribution in [2.24, 2.45) is 5.73 Å². The number of carbonyl (C=O) groups excluding carboxylic acids is 1. The molecule has 0 aliphatic carbocycles. The SMILES string of the molecule is CC(N)CN1CCOC1=O.Cl. The predicted molar refractivity (Wildman–Crippen MR) is 43.8 cm³/mol. The number of halogens is 1. The Labute approximate surface area is 72.1 Å². The number of hydrogen-bond donors (Lipinski definition) is 1. The van der Waals surface area contributed by atoms with Crippen LogP contribution in [0.25, 0.3) is 0 Å². The van der Waals surface area contributed by atoms with Crippen molar-refractivity contribution < 1.29 is 9.53 Å². The number of nitrogens with zero attached hydrogens (tertiary/aromatic N) is 1. The normalized spacial score (nSPS) is 19.1. The Morgan fingerprint density at radius 2 is 2.45 bits per heavy atom. The first kappa shape index (κ1) is 10.5. The lowest BCUT2D eigenvalue weighted by atomic mass is 10.3. The van der Waals surface area contributed by atoms with Gasteiger partial charge in [-0.3, -0.25) is 0 Å². The summed E-state index contributed by atoms with van der Waals surface area (Å²) in [5.41, 5.74) is 5.48. The highest BCUT2D eigenvalue weighted by Crippen LogP contribution is 2.02. The Bertz CT molecular complexity index is 141. The van der Waals surface area contributed by atoms with Gasteiger partial charge in [0.1, 0.15) is 6.61 Å². The summed E-state index contributed by atoms with van der Waals surface area (Å²) in [6, 6.07) is 0.0330. The second-order valence-electron chi connectivity index (χ2n) is 2.54. The lowest BCUT2D eigenvalue weighted by Gasteiger charge is -2.14. The van der Waals surface area contributed by atoms with Gasteiger partial charge in [0.25, 0.3) is 0 Å². The van der Waals surface area contributed by atoms with Crippen molar-refractivity contribution in [2.45, 2.75) is 13.0 Å². The molecule has 0 bridgehead atoms. The van der Waals surface area contributed by atoms with Crippen LogP contribution < -0.4 is 5.73 Å². The molecule has 0 spiro atoms. The van der Waals surface area contributed by atoms with Gasteiger partial charge in [-0.15, -0.1) is 12.4 Å². The monoisotopic (exact) mass is 180 g/mol. The van der Waals surface area contributed by atoms with E-state index in [9.17, 15) is 4.79 Å². The fraction of sp³-hybridized carbons (Fsp3) is 0.833. The van der Waals surface area contributed by atoms with Gasteiger partial charge in [0.15, 0.2) is 0 Å². The van der Waals surface area contributed by atoms with E-state index in [1.54, 1.807) is 4.90 Å². The fourth-order valence-corrected chi connectivity index (χ4v) is 0.939. The summed E-state index contributed by atoms with van der Waals surface area (Å²) in [6.07, 6.45) is -0.239. The minimum absolute atomic E-state index is 0. The standard InChI is InChI=1S/C6H12N2O2.ClH/c1-5(7)4-8-2-3-10-6(8)9;/h5H,2-4,7H2,1H3;1H. The van der Waals surface area contributed by atoms with Crippen LogP contribution in [-0.2, 0) is 4.74 Å². The number of amides is 1. The summed E-state index contributed by atoms with van der Waals surface area (Å²) >= 11 is 0. The third-order valence-electron chi connectivity index (χ3n) is 1.35. The minimum atomic E-state index is -0.239. The van der Waals surface area contributed by atoms with Gasteiger partial charge in [-0.2, -0.15) is 0 Å². The molecule has 11 heavy (non-hydrogen) atoms. The van der Waals surface area contributed by atoms with Crippen LogP contribution in [0, 0.1) is 0 Å². The maximum atomic E-state index is 10.8. The number of carbonyl (C=O) groups is 1. The molecule has 66 valence electrons. The van der Waals surface area contributed by atoms with Gasteiger partial charge >= 0.3 is 6.09 Å². The van der Waals surface area contributed by atoms with E-state index in [-0.39, 0.29) is 24.5 Å². The van der Waals surface area contributed by atoms with E-state index in [4.69, 9.17) is 10.5 Å². The minimum Gasteiger partial charge on any atom is -0.448 e. The lowest BCUT2D eigenvalue weighted by molar-refractivity contribution is 0.157. The van der Waals surface area contributed by atoms with E-state index in [1.807, 2.05) is 6.92 Å². The maximum Gasteiger partial charge on any atom is 0.409 e. The summed E-state index contributed by atoms with van der Waals surface area (Å²) in [5.74, 6) is 0. The molecule has 0 saturated carbocycles. The van der Waals surface area contributed by atoms with E-state index >= 15 is 0 Å². The van der Waals surface area contributed by atoms with E-state index in [1.165, 1.54) is 0 Å². The average molecular weight is 181 g/mol. The van der Waals surface area contributed by atoms with Crippen LogP contribution in [-0.4, -0.2) is 36.7 Å². The summed E-state index contributed by atoms with van der Waals surface area (Å²) in [5, 5.41) is 0. The zero-order chi connectivity index (χ0) is 7.56. The molecule has 1 saturated heterocycles. The molecule has 1 amide bonds. The molecule has 0 radical (unpaired) electrons. The first-order valence-electron chi connectivity index (χ1n) is 3.37. The van der Waals surface area contributed by atoms with Crippen LogP contribution in [0.15, 0.2) is 0 Å². The largest absolute Gasteiger partial charge is 0.448 e. The van der Waals surface area contributed by atoms with E-state index in [0.29, 0.717) is 19.7 Å². The van der Waals surface area contributed by atoms with Gasteiger partial charge in [-0.25, -0.2) is 4.79 Å². The van der Waals surface area contributed by atoms with Gasteiger partial charge < -0.3 is 15.4 Å². The van der Waals surface area contributed by atoms with Crippen molar-refractivity contribution in [2.75, 3.05) is 19.7 Å². The lowest BCUT2D eigenvalue weighted by Crippen LogP contribution is -2.35. The fourth-order valence-electron chi connectivity index (χ4n) is 0.939. The zero-order valence-corrected chi connectivity index (χ0v) is 7.26. The number of hydrogen-bond acceptors (Lipinski definition) is 3. The molecule has 4 nitrogen and oxygen atoms in total. The van der Waals surface area contributed by atoms with E-state index in [0.717, 1.165) is 0 Å². The van der Waals surface area contributed by atoms with Crippen molar-refractivity contribution >= 4 is 18.5 Å². The highest BCUT2D eigenvalue weighted by molar-refractivity contribution is 5.85. The van der Waals surface area contributed by atoms with Gasteiger partial charge in [-0.1, -0.05) is 0 Å². The van der Waals surface area contributed by atoms with Crippen LogP contribution in [0.1, 0.15) is 6.92 Å². The first-order chi connectivity index (χ1) is 4.70. The molecule has 1 unspecified atom stereocenters. The number of rotatable bonds is 2. The van der Waals surface area contributed by atoms with Gasteiger partial charge in [0.05, 0.1) is 6.54 Å². The number of ether oxygens (including phenoxy) is 1. The molecule has 1 atom stereocenters. The highest BCUT2D eigenvalue weighted by Gasteiger charge is 2.21. The summed E-state index contributed by atoms with van der Waals surface area (Å²) in [7, 11) is 0. The van der Waals surface area contributed by atoms with Gasteiger partial charge in [0.2, 0.25) is 0 Å². The Morgan fingerprint density at radius 1 is 1.82 bits per heavy atom. The van der Waals surface area contributed by atoms with Gasteiger partial charge in [0, 0.05) is 12.6 Å². The second-order valence-corrected chi connectivity index (χ2v) is 2.54. The zero-order valence-electron chi connectivity index (χ0n) is 6.45. The van der Waals surface area contributed by atoms with Crippen LogP contribution >= 0.6 is 12.4 Å². The Morgan fingerprint density at radius 3 is 2.82 bits per heavy atom. The van der Waals surface area contributed by atoms with E-state index < -0.39 is 0 Å². The van der Waals surface area contributed by atoms with Crippen LogP contribution in [0.2, 0.25) is 0 Å². The molecule has 1 rings (SSSR count). The summed E-state index contributed by atoms with van der Waals surface area (Å²) in [4.78, 5) is 12.4. The second kappa shape index (κ2) is 4.41. The molecule has 5 heteroatoms. The van der Waals surface area contributed by atoms with Crippen molar-refractivity contribution in [1.29, 1.82) is 0 Å². The van der Waals surface area contributed by atoms with Crippen LogP contribution in [0.4, 0.5) is 4.79 Å². The third-order valence-corrected chi connectivity index (χ3v) is 1.35. The molecule has 2 N–H and O–H groups in total. The maximum absolute atomic E-state index is 10.8. The summed E-state index contributed by atoms with van der Waals surface area (Å²) < 4.78 is 4.70. The molecule has 0 aromatic rings. The highest BCUT2D eigenvalue weighted by atomic mass is 35.5. The molecule has 1 heterocycles. The number of nitrogens with two attached hydrogens (primary N) is 1. The van der Waals surface area contributed by atoms with Crippen molar-refractivity contribution in [1.82, 2.24) is 4.90 Å². The quantitative estimate of drug-likeness (QED) is 0.661. The summed E-state index contributed by atoms with van der Waals surface area (Å²) in [6.45, 7) is 3.65. The Balaban J connectivity index is 0.000001000. The average Bonchev–Trinajstić information content (AvgIpc) is 2.15. The molecule has 1 aliphatic rings. The molecule has 1 fully saturated rings. The van der Waals surface area contributed by atoms with Crippen molar-refractivity contribution in [3.8, 4) is 0 Å². The molecule has 0 aromatic heterocycles. The topological polar surface area (TPSA) is 55.6 Å². The Hall–Kier alpha value is -0.480. The first-order valence-corrected chi connectivity index (χ1v) is 3.37. The van der Waals surface area contributed by atoms with Crippen molar-refractivity contribution in [3.63, 3.8) is 0 Å². The molecular weight excluding hydrogens is 168 g/mol. The Kier molecular flexibility index (Phi) is 4.22.